The number of carboxylic acid groups (broad SMARTS) is 1. The predicted molar refractivity (Wildman–Crippen MR) is 66.9 cm³/mol. The molecule has 1 atom stereocenters. The summed E-state index contributed by atoms with van der Waals surface area (Å²) in [5.41, 5.74) is 2.47. The molecule has 1 aliphatic heterocycles. The molecule has 0 saturated carbocycles. The first kappa shape index (κ1) is 12.1. The lowest BCUT2D eigenvalue weighted by atomic mass is 9.94. The highest BCUT2D eigenvalue weighted by Crippen LogP contribution is 2.23. The molecule has 1 aliphatic rings. The van der Waals surface area contributed by atoms with E-state index in [9.17, 15) is 9.90 Å². The highest BCUT2D eigenvalue weighted by molar-refractivity contribution is 5.74. The Bertz CT molecular complexity index is 403. The standard InChI is InChI=1S/C14H19NO2/c1-2-3-8-15-10-12-7-5-4-6-11(12)9-13(15)14(16)17/h4-7,13H,2-3,8-10H2,1H3,(H,16,17). The number of hydrogen-bond donors (Lipinski definition) is 1. The van der Waals surface area contributed by atoms with Gasteiger partial charge in [-0.25, -0.2) is 0 Å². The van der Waals surface area contributed by atoms with E-state index < -0.39 is 5.97 Å². The summed E-state index contributed by atoms with van der Waals surface area (Å²) >= 11 is 0. The molecule has 0 aliphatic carbocycles. The third-order valence-electron chi connectivity index (χ3n) is 3.43. The fourth-order valence-electron chi connectivity index (χ4n) is 2.42. The maximum absolute atomic E-state index is 11.3. The molecule has 0 fully saturated rings. The number of carboxylic acids is 1. The van der Waals surface area contributed by atoms with E-state index in [1.54, 1.807) is 0 Å². The zero-order valence-electron chi connectivity index (χ0n) is 10.2. The van der Waals surface area contributed by atoms with Gasteiger partial charge in [0, 0.05) is 6.54 Å². The molecule has 0 bridgehead atoms. The molecule has 3 nitrogen and oxygen atoms in total. The van der Waals surface area contributed by atoms with Crippen LogP contribution >= 0.6 is 0 Å². The van der Waals surface area contributed by atoms with Crippen LogP contribution in [0.2, 0.25) is 0 Å². The quantitative estimate of drug-likeness (QED) is 0.867. The first-order valence-corrected chi connectivity index (χ1v) is 6.26. The highest BCUT2D eigenvalue weighted by atomic mass is 16.4. The number of nitrogens with zero attached hydrogens (tertiary/aromatic N) is 1. The van der Waals surface area contributed by atoms with E-state index in [1.165, 1.54) is 11.1 Å². The van der Waals surface area contributed by atoms with Gasteiger partial charge in [0.25, 0.3) is 0 Å². The molecule has 92 valence electrons. The lowest BCUT2D eigenvalue weighted by molar-refractivity contribution is -0.144. The van der Waals surface area contributed by atoms with Crippen molar-refractivity contribution in [2.45, 2.75) is 38.8 Å². The summed E-state index contributed by atoms with van der Waals surface area (Å²) in [6, 6.07) is 7.81. The molecule has 1 heterocycles. The van der Waals surface area contributed by atoms with Crippen molar-refractivity contribution < 1.29 is 9.90 Å². The maximum atomic E-state index is 11.3. The molecule has 1 aromatic carbocycles. The summed E-state index contributed by atoms with van der Waals surface area (Å²) < 4.78 is 0. The molecule has 0 aromatic heterocycles. The molecule has 0 radical (unpaired) electrons. The Morgan fingerprint density at radius 3 is 2.76 bits per heavy atom. The Morgan fingerprint density at radius 2 is 2.12 bits per heavy atom. The first-order valence-electron chi connectivity index (χ1n) is 6.26. The van der Waals surface area contributed by atoms with Crippen LogP contribution in [0.25, 0.3) is 0 Å². The molecule has 0 spiro atoms. The number of hydrogen-bond acceptors (Lipinski definition) is 2. The van der Waals surface area contributed by atoms with Crippen LogP contribution < -0.4 is 0 Å². The SMILES string of the molecule is CCCCN1Cc2ccccc2CC1C(=O)O. The fraction of sp³-hybridized carbons (Fsp3) is 0.500. The van der Waals surface area contributed by atoms with E-state index in [-0.39, 0.29) is 6.04 Å². The summed E-state index contributed by atoms with van der Waals surface area (Å²) in [6.07, 6.45) is 2.80. The van der Waals surface area contributed by atoms with Gasteiger partial charge in [-0.05, 0) is 30.5 Å². The van der Waals surface area contributed by atoms with E-state index in [0.29, 0.717) is 6.42 Å². The number of aliphatic carboxylic acids is 1. The van der Waals surface area contributed by atoms with E-state index >= 15 is 0 Å². The largest absolute Gasteiger partial charge is 0.480 e. The van der Waals surface area contributed by atoms with Gasteiger partial charge in [-0.3, -0.25) is 9.69 Å². The molecular weight excluding hydrogens is 214 g/mol. The minimum atomic E-state index is -0.699. The van der Waals surface area contributed by atoms with Crippen LogP contribution in [0.5, 0.6) is 0 Å². The summed E-state index contributed by atoms with van der Waals surface area (Å²) in [5, 5.41) is 9.29. The van der Waals surface area contributed by atoms with Gasteiger partial charge in [0.2, 0.25) is 0 Å². The highest BCUT2D eigenvalue weighted by Gasteiger charge is 2.30. The van der Waals surface area contributed by atoms with Gasteiger partial charge in [-0.1, -0.05) is 37.6 Å². The first-order chi connectivity index (χ1) is 8.22. The van der Waals surface area contributed by atoms with Crippen molar-refractivity contribution in [3.8, 4) is 0 Å². The third-order valence-corrected chi connectivity index (χ3v) is 3.43. The Balaban J connectivity index is 2.18. The van der Waals surface area contributed by atoms with Crippen molar-refractivity contribution in [2.24, 2.45) is 0 Å². The van der Waals surface area contributed by atoms with Crippen LogP contribution in [-0.4, -0.2) is 28.6 Å². The van der Waals surface area contributed by atoms with Crippen LogP contribution in [0, 0.1) is 0 Å². The summed E-state index contributed by atoms with van der Waals surface area (Å²) in [5.74, 6) is -0.699. The summed E-state index contributed by atoms with van der Waals surface area (Å²) in [7, 11) is 0. The molecule has 17 heavy (non-hydrogen) atoms. The number of carbonyl (C=O) groups is 1. The van der Waals surface area contributed by atoms with Crippen LogP contribution in [0.3, 0.4) is 0 Å². The second kappa shape index (κ2) is 5.32. The topological polar surface area (TPSA) is 40.5 Å². The van der Waals surface area contributed by atoms with Crippen molar-refractivity contribution in [1.29, 1.82) is 0 Å². The predicted octanol–water partition coefficient (Wildman–Crippen LogP) is 2.30. The lowest BCUT2D eigenvalue weighted by Crippen LogP contribution is -2.45. The molecule has 1 aromatic rings. The van der Waals surface area contributed by atoms with E-state index in [1.807, 2.05) is 18.2 Å². The zero-order valence-corrected chi connectivity index (χ0v) is 10.2. The van der Waals surface area contributed by atoms with Gasteiger partial charge in [0.15, 0.2) is 0 Å². The number of benzene rings is 1. The van der Waals surface area contributed by atoms with Crippen LogP contribution in [-0.2, 0) is 17.8 Å². The fourth-order valence-corrected chi connectivity index (χ4v) is 2.42. The molecular formula is C14H19NO2. The number of fused-ring (bicyclic) bond motifs is 1. The van der Waals surface area contributed by atoms with Gasteiger partial charge >= 0.3 is 5.97 Å². The molecule has 3 heteroatoms. The van der Waals surface area contributed by atoms with E-state index in [4.69, 9.17) is 0 Å². The van der Waals surface area contributed by atoms with Crippen LogP contribution in [0.4, 0.5) is 0 Å². The van der Waals surface area contributed by atoms with Gasteiger partial charge in [-0.2, -0.15) is 0 Å². The Labute approximate surface area is 102 Å². The van der Waals surface area contributed by atoms with Crippen LogP contribution in [0.1, 0.15) is 30.9 Å². The van der Waals surface area contributed by atoms with Gasteiger partial charge in [0.05, 0.1) is 0 Å². The third kappa shape index (κ3) is 2.67. The Morgan fingerprint density at radius 1 is 1.41 bits per heavy atom. The Hall–Kier alpha value is -1.35. The number of unbranched alkanes of at least 4 members (excludes halogenated alkanes) is 1. The number of rotatable bonds is 4. The van der Waals surface area contributed by atoms with Crippen molar-refractivity contribution in [3.63, 3.8) is 0 Å². The molecule has 2 rings (SSSR count). The van der Waals surface area contributed by atoms with Crippen molar-refractivity contribution >= 4 is 5.97 Å². The molecule has 0 saturated heterocycles. The monoisotopic (exact) mass is 233 g/mol. The molecule has 1 N–H and O–H groups in total. The van der Waals surface area contributed by atoms with Crippen molar-refractivity contribution in [3.05, 3.63) is 35.4 Å². The lowest BCUT2D eigenvalue weighted by Gasteiger charge is -2.34. The van der Waals surface area contributed by atoms with Gasteiger partial charge < -0.3 is 5.11 Å². The second-order valence-corrected chi connectivity index (χ2v) is 4.65. The average Bonchev–Trinajstić information content (AvgIpc) is 2.35. The summed E-state index contributed by atoms with van der Waals surface area (Å²) in [6.45, 7) is 3.78. The average molecular weight is 233 g/mol. The van der Waals surface area contributed by atoms with Gasteiger partial charge in [-0.15, -0.1) is 0 Å². The normalized spacial score (nSPS) is 19.9. The zero-order chi connectivity index (χ0) is 12.3. The molecule has 0 amide bonds. The summed E-state index contributed by atoms with van der Waals surface area (Å²) in [4.78, 5) is 13.4. The van der Waals surface area contributed by atoms with Crippen molar-refractivity contribution in [1.82, 2.24) is 4.90 Å². The van der Waals surface area contributed by atoms with Crippen LogP contribution in [0.15, 0.2) is 24.3 Å². The minimum Gasteiger partial charge on any atom is -0.480 e. The van der Waals surface area contributed by atoms with E-state index in [2.05, 4.69) is 17.9 Å². The van der Waals surface area contributed by atoms with Gasteiger partial charge in [0.1, 0.15) is 6.04 Å². The maximum Gasteiger partial charge on any atom is 0.321 e. The van der Waals surface area contributed by atoms with Crippen molar-refractivity contribution in [2.75, 3.05) is 6.54 Å². The smallest absolute Gasteiger partial charge is 0.321 e. The Kier molecular flexibility index (Phi) is 3.79. The second-order valence-electron chi connectivity index (χ2n) is 4.65. The minimum absolute atomic E-state index is 0.351. The molecule has 1 unspecified atom stereocenters. The van der Waals surface area contributed by atoms with E-state index in [0.717, 1.165) is 25.9 Å².